The van der Waals surface area contributed by atoms with Crippen molar-refractivity contribution in [1.82, 2.24) is 0 Å². The van der Waals surface area contributed by atoms with Gasteiger partial charge in [0.05, 0.1) is 6.61 Å². The van der Waals surface area contributed by atoms with Crippen molar-refractivity contribution in [2.75, 3.05) is 19.8 Å². The van der Waals surface area contributed by atoms with Gasteiger partial charge in [0, 0.05) is 19.6 Å². The Morgan fingerprint density at radius 2 is 1.65 bits per heavy atom. The van der Waals surface area contributed by atoms with Crippen molar-refractivity contribution in [3.8, 4) is 0 Å². The summed E-state index contributed by atoms with van der Waals surface area (Å²) < 4.78 is 10.9. The Balaban J connectivity index is 2.33. The molecule has 1 rings (SSSR count). The fourth-order valence-corrected chi connectivity index (χ4v) is 1.92. The molecule has 0 bridgehead atoms. The van der Waals surface area contributed by atoms with Crippen LogP contribution in [0.25, 0.3) is 0 Å². The van der Waals surface area contributed by atoms with Crippen LogP contribution in [0, 0.1) is 5.41 Å². The van der Waals surface area contributed by atoms with Gasteiger partial charge in [0.2, 0.25) is 0 Å². The number of cyclic esters (lactones) is 1. The van der Waals surface area contributed by atoms with Crippen molar-refractivity contribution in [1.29, 1.82) is 0 Å². The number of esters is 1. The van der Waals surface area contributed by atoms with Crippen LogP contribution in [0.15, 0.2) is 0 Å². The third kappa shape index (κ3) is 7.37. The summed E-state index contributed by atoms with van der Waals surface area (Å²) in [5, 5.41) is 0. The zero-order valence-corrected chi connectivity index (χ0v) is 11.3. The molecule has 1 heterocycles. The standard InChI is InChI=1S/C14H26O3/c1-14(2)8-11-16-10-6-4-3-5-7-13(15)17-12-9-14/h3-12H2,1-2H3. The topological polar surface area (TPSA) is 35.5 Å². The molecule has 17 heavy (non-hydrogen) atoms. The lowest BCUT2D eigenvalue weighted by molar-refractivity contribution is -0.144. The maximum atomic E-state index is 11.4. The minimum absolute atomic E-state index is 0.0332. The van der Waals surface area contributed by atoms with E-state index in [1.54, 1.807) is 0 Å². The average Bonchev–Trinajstić information content (AvgIpc) is 2.25. The second-order valence-electron chi connectivity index (χ2n) is 5.66. The monoisotopic (exact) mass is 242 g/mol. The van der Waals surface area contributed by atoms with Crippen LogP contribution in [0.5, 0.6) is 0 Å². The molecule has 0 saturated carbocycles. The molecule has 0 aromatic heterocycles. The Morgan fingerprint density at radius 1 is 0.941 bits per heavy atom. The average molecular weight is 242 g/mol. The van der Waals surface area contributed by atoms with E-state index in [9.17, 15) is 4.79 Å². The number of hydrogen-bond donors (Lipinski definition) is 0. The van der Waals surface area contributed by atoms with E-state index in [-0.39, 0.29) is 11.4 Å². The van der Waals surface area contributed by atoms with E-state index in [1.807, 2.05) is 0 Å². The third-order valence-electron chi connectivity index (χ3n) is 3.38. The normalized spacial score (nSPS) is 24.7. The molecule has 3 heteroatoms. The van der Waals surface area contributed by atoms with E-state index in [2.05, 4.69) is 13.8 Å². The molecule has 1 aliphatic rings. The lowest BCUT2D eigenvalue weighted by atomic mass is 9.86. The minimum atomic E-state index is -0.0332. The summed E-state index contributed by atoms with van der Waals surface area (Å²) in [6, 6.07) is 0. The number of ether oxygens (including phenoxy) is 2. The number of carbonyl (C=O) groups excluding carboxylic acids is 1. The first-order valence-corrected chi connectivity index (χ1v) is 6.83. The summed E-state index contributed by atoms with van der Waals surface area (Å²) >= 11 is 0. The molecular weight excluding hydrogens is 216 g/mol. The lowest BCUT2D eigenvalue weighted by Gasteiger charge is -2.24. The van der Waals surface area contributed by atoms with Crippen molar-refractivity contribution in [2.24, 2.45) is 5.41 Å². The molecular formula is C14H26O3. The van der Waals surface area contributed by atoms with Crippen LogP contribution < -0.4 is 0 Å². The highest BCUT2D eigenvalue weighted by Gasteiger charge is 2.18. The summed E-state index contributed by atoms with van der Waals surface area (Å²) in [5.41, 5.74) is 0.199. The SMILES string of the molecule is CC1(C)CCOCCCCCCC(=O)OCC1. The van der Waals surface area contributed by atoms with Crippen LogP contribution in [0.1, 0.15) is 58.8 Å². The summed E-state index contributed by atoms with van der Waals surface area (Å²) in [6.07, 6.45) is 6.83. The van der Waals surface area contributed by atoms with Crippen molar-refractivity contribution in [3.63, 3.8) is 0 Å². The molecule has 3 nitrogen and oxygen atoms in total. The summed E-state index contributed by atoms with van der Waals surface area (Å²) in [6.45, 7) is 6.64. The Bertz CT molecular complexity index is 224. The fourth-order valence-electron chi connectivity index (χ4n) is 1.92. The quantitative estimate of drug-likeness (QED) is 0.611. The highest BCUT2D eigenvalue weighted by Crippen LogP contribution is 2.25. The highest BCUT2D eigenvalue weighted by molar-refractivity contribution is 5.69. The maximum Gasteiger partial charge on any atom is 0.305 e. The zero-order chi connectivity index (χ0) is 12.6. The highest BCUT2D eigenvalue weighted by atomic mass is 16.5. The second-order valence-corrected chi connectivity index (χ2v) is 5.66. The first-order chi connectivity index (χ1) is 8.10. The molecule has 0 N–H and O–H groups in total. The van der Waals surface area contributed by atoms with Crippen LogP contribution in [0.2, 0.25) is 0 Å². The minimum Gasteiger partial charge on any atom is -0.466 e. The zero-order valence-electron chi connectivity index (χ0n) is 11.3. The summed E-state index contributed by atoms with van der Waals surface area (Å²) in [4.78, 5) is 11.4. The molecule has 100 valence electrons. The van der Waals surface area contributed by atoms with Gasteiger partial charge < -0.3 is 9.47 Å². The van der Waals surface area contributed by atoms with Gasteiger partial charge in [0.15, 0.2) is 0 Å². The summed E-state index contributed by atoms with van der Waals surface area (Å²) in [5.74, 6) is -0.0332. The lowest BCUT2D eigenvalue weighted by Crippen LogP contribution is -2.19. The van der Waals surface area contributed by atoms with Crippen molar-refractivity contribution < 1.29 is 14.3 Å². The Kier molecular flexibility index (Phi) is 6.56. The Morgan fingerprint density at radius 3 is 2.47 bits per heavy atom. The molecule has 0 aromatic rings. The molecule has 1 aliphatic heterocycles. The van der Waals surface area contributed by atoms with Gasteiger partial charge in [0.25, 0.3) is 0 Å². The van der Waals surface area contributed by atoms with Gasteiger partial charge in [-0.05, 0) is 31.1 Å². The number of hydrogen-bond acceptors (Lipinski definition) is 3. The van der Waals surface area contributed by atoms with Crippen LogP contribution in [0.3, 0.4) is 0 Å². The molecule has 0 spiro atoms. The van der Waals surface area contributed by atoms with Crippen LogP contribution in [-0.4, -0.2) is 25.8 Å². The summed E-state index contributed by atoms with van der Waals surface area (Å²) in [7, 11) is 0. The van der Waals surface area contributed by atoms with Gasteiger partial charge >= 0.3 is 5.97 Å². The fraction of sp³-hybridized carbons (Fsp3) is 0.929. The third-order valence-corrected chi connectivity index (χ3v) is 3.38. The molecule has 0 atom stereocenters. The van der Waals surface area contributed by atoms with E-state index in [1.165, 1.54) is 0 Å². The van der Waals surface area contributed by atoms with E-state index >= 15 is 0 Å². The predicted octanol–water partition coefficient (Wildman–Crippen LogP) is 3.32. The molecule has 0 amide bonds. The number of carbonyl (C=O) groups is 1. The largest absolute Gasteiger partial charge is 0.466 e. The van der Waals surface area contributed by atoms with Gasteiger partial charge in [-0.3, -0.25) is 4.79 Å². The van der Waals surface area contributed by atoms with Gasteiger partial charge in [-0.15, -0.1) is 0 Å². The second kappa shape index (κ2) is 7.70. The molecule has 0 radical (unpaired) electrons. The molecule has 0 aromatic carbocycles. The predicted molar refractivity (Wildman–Crippen MR) is 67.9 cm³/mol. The molecule has 0 aliphatic carbocycles. The Labute approximate surface area is 105 Å². The van der Waals surface area contributed by atoms with E-state index in [0.29, 0.717) is 13.0 Å². The first-order valence-electron chi connectivity index (χ1n) is 6.83. The first kappa shape index (κ1) is 14.5. The van der Waals surface area contributed by atoms with Gasteiger partial charge in [-0.2, -0.15) is 0 Å². The van der Waals surface area contributed by atoms with E-state index in [4.69, 9.17) is 9.47 Å². The smallest absolute Gasteiger partial charge is 0.305 e. The van der Waals surface area contributed by atoms with Gasteiger partial charge in [-0.1, -0.05) is 26.7 Å². The van der Waals surface area contributed by atoms with E-state index in [0.717, 1.165) is 51.7 Å². The van der Waals surface area contributed by atoms with Crippen molar-refractivity contribution >= 4 is 5.97 Å². The van der Waals surface area contributed by atoms with Gasteiger partial charge in [0.1, 0.15) is 0 Å². The maximum absolute atomic E-state index is 11.4. The van der Waals surface area contributed by atoms with E-state index < -0.39 is 0 Å². The van der Waals surface area contributed by atoms with Crippen LogP contribution >= 0.6 is 0 Å². The van der Waals surface area contributed by atoms with Gasteiger partial charge in [-0.25, -0.2) is 0 Å². The molecule has 1 saturated heterocycles. The molecule has 1 fully saturated rings. The van der Waals surface area contributed by atoms with Crippen LogP contribution in [0.4, 0.5) is 0 Å². The van der Waals surface area contributed by atoms with Crippen molar-refractivity contribution in [3.05, 3.63) is 0 Å². The number of rotatable bonds is 0. The Hall–Kier alpha value is -0.570. The van der Waals surface area contributed by atoms with Crippen molar-refractivity contribution in [2.45, 2.75) is 58.8 Å². The molecule has 0 unspecified atom stereocenters. The van der Waals surface area contributed by atoms with Crippen LogP contribution in [-0.2, 0) is 14.3 Å².